The number of hydrogen-bond acceptors (Lipinski definition) is 0. The highest BCUT2D eigenvalue weighted by molar-refractivity contribution is 6.17. The van der Waals surface area contributed by atoms with Crippen LogP contribution < -0.4 is 0 Å². The Morgan fingerprint density at radius 2 is 0.720 bits per heavy atom. The zero-order valence-corrected chi connectivity index (χ0v) is 27.4. The van der Waals surface area contributed by atoms with E-state index in [1.807, 2.05) is 0 Å². The van der Waals surface area contributed by atoms with Gasteiger partial charge in [-0.05, 0) is 88.0 Å². The highest BCUT2D eigenvalue weighted by Gasteiger charge is 2.18. The molecule has 2 heterocycles. The van der Waals surface area contributed by atoms with Crippen molar-refractivity contribution in [2.45, 2.75) is 0 Å². The Labute approximate surface area is 290 Å². The van der Waals surface area contributed by atoms with Crippen molar-refractivity contribution in [3.63, 3.8) is 0 Å². The lowest BCUT2D eigenvalue weighted by Crippen LogP contribution is -1.94. The molecule has 234 valence electrons. The number of nitrogens with zero attached hydrogens (tertiary/aromatic N) is 2. The van der Waals surface area contributed by atoms with Crippen LogP contribution in [0.3, 0.4) is 0 Å². The van der Waals surface area contributed by atoms with Crippen LogP contribution in [0.2, 0.25) is 0 Å². The van der Waals surface area contributed by atoms with E-state index in [9.17, 15) is 0 Å². The van der Waals surface area contributed by atoms with Gasteiger partial charge in [0.1, 0.15) is 0 Å². The molecule has 0 aliphatic carbocycles. The number of para-hydroxylation sites is 3. The van der Waals surface area contributed by atoms with E-state index < -0.39 is 0 Å². The van der Waals surface area contributed by atoms with Crippen LogP contribution in [0.25, 0.3) is 88.4 Å². The molecule has 10 aromatic rings. The van der Waals surface area contributed by atoms with E-state index in [0.29, 0.717) is 0 Å². The molecule has 0 saturated heterocycles. The van der Waals surface area contributed by atoms with Crippen molar-refractivity contribution in [3.8, 4) is 44.8 Å². The normalized spacial score (nSPS) is 11.6. The SMILES string of the molecule is c1ccc(-c2ccc(-c3ccc(-n4c5ccccc5c5c(-c6ccc7c(c6)c6ccccc6n7-c6ccccc6)cccc54)cc3)cc2)cc1. The Balaban J connectivity index is 1.10. The van der Waals surface area contributed by atoms with E-state index in [0.717, 1.165) is 5.69 Å². The molecule has 0 bridgehead atoms. The van der Waals surface area contributed by atoms with Crippen LogP contribution in [0.4, 0.5) is 0 Å². The fourth-order valence-electron chi connectivity index (χ4n) is 7.82. The molecule has 0 fully saturated rings. The van der Waals surface area contributed by atoms with Gasteiger partial charge >= 0.3 is 0 Å². The van der Waals surface area contributed by atoms with Crippen molar-refractivity contribution in [1.82, 2.24) is 9.13 Å². The van der Waals surface area contributed by atoms with Crippen LogP contribution in [0, 0.1) is 0 Å². The van der Waals surface area contributed by atoms with Crippen LogP contribution in [0.5, 0.6) is 0 Å². The summed E-state index contributed by atoms with van der Waals surface area (Å²) in [6.07, 6.45) is 0. The van der Waals surface area contributed by atoms with Crippen LogP contribution in [0.1, 0.15) is 0 Å². The van der Waals surface area contributed by atoms with E-state index in [1.54, 1.807) is 0 Å². The lowest BCUT2D eigenvalue weighted by molar-refractivity contribution is 1.18. The van der Waals surface area contributed by atoms with Crippen LogP contribution >= 0.6 is 0 Å². The Morgan fingerprint density at radius 1 is 0.260 bits per heavy atom. The second-order valence-electron chi connectivity index (χ2n) is 13.0. The van der Waals surface area contributed by atoms with Crippen molar-refractivity contribution in [2.24, 2.45) is 0 Å². The smallest absolute Gasteiger partial charge is 0.0547 e. The number of rotatable bonds is 5. The Bertz CT molecular complexity index is 2820. The zero-order chi connectivity index (χ0) is 33.0. The van der Waals surface area contributed by atoms with E-state index in [4.69, 9.17) is 0 Å². The molecule has 0 aliphatic rings. The maximum absolute atomic E-state index is 2.41. The summed E-state index contributed by atoms with van der Waals surface area (Å²) in [4.78, 5) is 0. The third kappa shape index (κ3) is 4.50. The lowest BCUT2D eigenvalue weighted by atomic mass is 9.98. The Kier molecular flexibility index (Phi) is 6.53. The molecule has 0 unspecified atom stereocenters. The van der Waals surface area contributed by atoms with Gasteiger partial charge in [0.2, 0.25) is 0 Å². The summed E-state index contributed by atoms with van der Waals surface area (Å²) in [7, 11) is 0. The summed E-state index contributed by atoms with van der Waals surface area (Å²) in [5, 5.41) is 5.05. The van der Waals surface area contributed by atoms with Gasteiger partial charge in [0, 0.05) is 32.9 Å². The molecule has 0 saturated carbocycles. The van der Waals surface area contributed by atoms with E-state index >= 15 is 0 Å². The van der Waals surface area contributed by atoms with E-state index in [-0.39, 0.29) is 0 Å². The van der Waals surface area contributed by atoms with E-state index in [1.165, 1.54) is 82.7 Å². The predicted octanol–water partition coefficient (Wildman–Crippen LogP) is 12.9. The van der Waals surface area contributed by atoms with Crippen molar-refractivity contribution in [3.05, 3.63) is 194 Å². The Morgan fingerprint density at radius 3 is 1.42 bits per heavy atom. The zero-order valence-electron chi connectivity index (χ0n) is 27.4. The minimum Gasteiger partial charge on any atom is -0.309 e. The largest absolute Gasteiger partial charge is 0.309 e. The topological polar surface area (TPSA) is 9.86 Å². The molecule has 0 radical (unpaired) electrons. The van der Waals surface area contributed by atoms with Crippen LogP contribution in [-0.4, -0.2) is 9.13 Å². The van der Waals surface area contributed by atoms with Gasteiger partial charge in [-0.2, -0.15) is 0 Å². The molecule has 8 aromatic carbocycles. The molecule has 2 heteroatoms. The van der Waals surface area contributed by atoms with Crippen molar-refractivity contribution in [1.29, 1.82) is 0 Å². The fraction of sp³-hybridized carbons (Fsp3) is 0. The van der Waals surface area contributed by atoms with Gasteiger partial charge in [0.15, 0.2) is 0 Å². The van der Waals surface area contributed by atoms with Gasteiger partial charge < -0.3 is 9.13 Å². The van der Waals surface area contributed by atoms with E-state index in [2.05, 4.69) is 203 Å². The lowest BCUT2D eigenvalue weighted by Gasteiger charge is -2.11. The second kappa shape index (κ2) is 11.5. The quantitative estimate of drug-likeness (QED) is 0.178. The van der Waals surface area contributed by atoms with Crippen molar-refractivity contribution >= 4 is 43.6 Å². The van der Waals surface area contributed by atoms with Gasteiger partial charge in [-0.15, -0.1) is 0 Å². The average molecular weight is 637 g/mol. The molecular formula is C48H32N2. The van der Waals surface area contributed by atoms with Crippen LogP contribution in [-0.2, 0) is 0 Å². The number of fused-ring (bicyclic) bond motifs is 6. The molecule has 2 aromatic heterocycles. The third-order valence-electron chi connectivity index (χ3n) is 10.1. The summed E-state index contributed by atoms with van der Waals surface area (Å²) in [5.41, 5.74) is 14.5. The summed E-state index contributed by atoms with van der Waals surface area (Å²) >= 11 is 0. The van der Waals surface area contributed by atoms with Gasteiger partial charge in [0.05, 0.1) is 22.1 Å². The molecule has 0 amide bonds. The molecule has 0 N–H and O–H groups in total. The average Bonchev–Trinajstić information content (AvgIpc) is 3.71. The molecular weight excluding hydrogens is 605 g/mol. The molecule has 50 heavy (non-hydrogen) atoms. The first-order chi connectivity index (χ1) is 24.8. The standard InChI is InChI=1S/C48H32N2/c1-3-12-33(13-4-1)34-22-24-35(25-23-34)36-26-29-39(30-27-36)50-45-20-10-8-17-42(45)48-40(18-11-21-47(48)50)37-28-31-46-43(32-37)41-16-7-9-19-44(41)49(46)38-14-5-2-6-15-38/h1-32H. The molecule has 0 atom stereocenters. The monoisotopic (exact) mass is 636 g/mol. The van der Waals surface area contributed by atoms with Crippen molar-refractivity contribution < 1.29 is 0 Å². The third-order valence-corrected chi connectivity index (χ3v) is 10.1. The molecule has 0 spiro atoms. The number of aromatic nitrogens is 2. The summed E-state index contributed by atoms with van der Waals surface area (Å²) in [6, 6.07) is 70.3. The molecule has 0 aliphatic heterocycles. The van der Waals surface area contributed by atoms with Crippen LogP contribution in [0.15, 0.2) is 194 Å². The maximum atomic E-state index is 2.41. The Hall–Kier alpha value is -6.64. The molecule has 10 rings (SSSR count). The van der Waals surface area contributed by atoms with Gasteiger partial charge in [-0.25, -0.2) is 0 Å². The summed E-state index contributed by atoms with van der Waals surface area (Å²) < 4.78 is 4.79. The summed E-state index contributed by atoms with van der Waals surface area (Å²) in [6.45, 7) is 0. The first-order valence-corrected chi connectivity index (χ1v) is 17.2. The van der Waals surface area contributed by atoms with Gasteiger partial charge in [-0.1, -0.05) is 140 Å². The first-order valence-electron chi connectivity index (χ1n) is 17.2. The highest BCUT2D eigenvalue weighted by atomic mass is 15.0. The highest BCUT2D eigenvalue weighted by Crippen LogP contribution is 2.41. The predicted molar refractivity (Wildman–Crippen MR) is 211 cm³/mol. The number of hydrogen-bond donors (Lipinski definition) is 0. The maximum Gasteiger partial charge on any atom is 0.0547 e. The summed E-state index contributed by atoms with van der Waals surface area (Å²) in [5.74, 6) is 0. The minimum absolute atomic E-state index is 1.15. The first kappa shape index (κ1) is 28.4. The van der Waals surface area contributed by atoms with Gasteiger partial charge in [-0.3, -0.25) is 0 Å². The number of benzene rings is 8. The fourth-order valence-corrected chi connectivity index (χ4v) is 7.82. The van der Waals surface area contributed by atoms with Gasteiger partial charge in [0.25, 0.3) is 0 Å². The minimum atomic E-state index is 1.15. The molecule has 2 nitrogen and oxygen atoms in total. The van der Waals surface area contributed by atoms with Crippen molar-refractivity contribution in [2.75, 3.05) is 0 Å². The second-order valence-corrected chi connectivity index (χ2v) is 13.0.